The molecule has 0 bridgehead atoms. The van der Waals surface area contributed by atoms with Gasteiger partial charge in [-0.05, 0) is 33.6 Å². The van der Waals surface area contributed by atoms with Gasteiger partial charge < -0.3 is 10.2 Å². The van der Waals surface area contributed by atoms with Crippen LogP contribution in [0, 0.1) is 5.82 Å². The van der Waals surface area contributed by atoms with Gasteiger partial charge >= 0.3 is 5.97 Å². The Morgan fingerprint density at radius 3 is 2.57 bits per heavy atom. The van der Waals surface area contributed by atoms with Crippen molar-refractivity contribution in [2.75, 3.05) is 0 Å². The zero-order valence-electron chi connectivity index (χ0n) is 10.3. The van der Waals surface area contributed by atoms with E-state index in [1.54, 1.807) is 17.5 Å². The van der Waals surface area contributed by atoms with Gasteiger partial charge in [-0.15, -0.1) is 11.3 Å². The van der Waals surface area contributed by atoms with Crippen LogP contribution in [-0.4, -0.2) is 21.2 Å². The van der Waals surface area contributed by atoms with Crippen LogP contribution in [0.15, 0.2) is 34.2 Å². The lowest BCUT2D eigenvalue weighted by Crippen LogP contribution is -2.01. The first kappa shape index (κ1) is 14.0. The first-order chi connectivity index (χ1) is 9.99. The SMILES string of the molecule is O=C(O)c1nc(Br)c2c(-c3ccc(F)cc3)csc2c1O. The number of benzene rings is 1. The maximum atomic E-state index is 13.0. The fourth-order valence-corrected chi connectivity index (χ4v) is 3.79. The molecule has 3 aromatic rings. The first-order valence-corrected chi connectivity index (χ1v) is 7.45. The molecule has 7 heteroatoms. The van der Waals surface area contributed by atoms with Crippen LogP contribution in [0.25, 0.3) is 21.2 Å². The Bertz CT molecular complexity index is 861. The Morgan fingerprint density at radius 2 is 1.95 bits per heavy atom. The number of aromatic hydroxyl groups is 1. The van der Waals surface area contributed by atoms with E-state index in [1.807, 2.05) is 0 Å². The molecule has 1 aromatic carbocycles. The topological polar surface area (TPSA) is 70.4 Å². The van der Waals surface area contributed by atoms with Crippen LogP contribution < -0.4 is 0 Å². The van der Waals surface area contributed by atoms with E-state index in [-0.39, 0.29) is 11.6 Å². The second-order valence-corrected chi connectivity index (χ2v) is 5.90. The van der Waals surface area contributed by atoms with Crippen molar-refractivity contribution in [1.29, 1.82) is 0 Å². The van der Waals surface area contributed by atoms with Crippen molar-refractivity contribution < 1.29 is 19.4 Å². The van der Waals surface area contributed by atoms with E-state index in [4.69, 9.17) is 5.11 Å². The fourth-order valence-electron chi connectivity index (χ4n) is 2.04. The van der Waals surface area contributed by atoms with Crippen molar-refractivity contribution in [2.45, 2.75) is 0 Å². The molecule has 0 fully saturated rings. The number of carboxylic acid groups (broad SMARTS) is 1. The lowest BCUT2D eigenvalue weighted by molar-refractivity contribution is 0.0687. The third-order valence-electron chi connectivity index (χ3n) is 3.00. The molecule has 0 amide bonds. The van der Waals surface area contributed by atoms with E-state index in [0.717, 1.165) is 11.1 Å². The molecule has 0 radical (unpaired) electrons. The zero-order valence-corrected chi connectivity index (χ0v) is 12.7. The highest BCUT2D eigenvalue weighted by molar-refractivity contribution is 9.10. The van der Waals surface area contributed by atoms with Gasteiger partial charge in [0.05, 0.1) is 4.70 Å². The summed E-state index contributed by atoms with van der Waals surface area (Å²) in [5, 5.41) is 21.4. The quantitative estimate of drug-likeness (QED) is 0.663. The van der Waals surface area contributed by atoms with Crippen molar-refractivity contribution in [1.82, 2.24) is 4.98 Å². The van der Waals surface area contributed by atoms with Gasteiger partial charge in [-0.3, -0.25) is 0 Å². The zero-order chi connectivity index (χ0) is 15.1. The maximum absolute atomic E-state index is 13.0. The smallest absolute Gasteiger partial charge is 0.358 e. The molecule has 0 saturated carbocycles. The van der Waals surface area contributed by atoms with Gasteiger partial charge in [0.25, 0.3) is 0 Å². The van der Waals surface area contributed by atoms with Gasteiger partial charge in [0.15, 0.2) is 11.4 Å². The van der Waals surface area contributed by atoms with Crippen molar-refractivity contribution in [3.63, 3.8) is 0 Å². The molecule has 0 spiro atoms. The summed E-state index contributed by atoms with van der Waals surface area (Å²) in [6.45, 7) is 0. The fraction of sp³-hybridized carbons (Fsp3) is 0. The summed E-state index contributed by atoms with van der Waals surface area (Å²) in [5.74, 6) is -2.00. The number of nitrogens with zero attached hydrogens (tertiary/aromatic N) is 1. The minimum atomic E-state index is -1.30. The molecule has 3 rings (SSSR count). The number of rotatable bonds is 2. The van der Waals surface area contributed by atoms with Gasteiger partial charge in [-0.2, -0.15) is 0 Å². The van der Waals surface area contributed by atoms with E-state index in [9.17, 15) is 14.3 Å². The van der Waals surface area contributed by atoms with Crippen molar-refractivity contribution in [2.24, 2.45) is 0 Å². The van der Waals surface area contributed by atoms with Crippen LogP contribution >= 0.6 is 27.3 Å². The molecule has 106 valence electrons. The summed E-state index contributed by atoms with van der Waals surface area (Å²) in [6.07, 6.45) is 0. The molecule has 2 N–H and O–H groups in total. The monoisotopic (exact) mass is 367 g/mol. The van der Waals surface area contributed by atoms with Crippen LogP contribution in [0.1, 0.15) is 10.5 Å². The standard InChI is InChI=1S/C14H7BrFNO3S/c15-13-9-8(6-1-3-7(16)4-2-6)5-21-12(9)11(18)10(17-13)14(19)20/h1-5,18H,(H,19,20). The highest BCUT2D eigenvalue weighted by atomic mass is 79.9. The molecule has 21 heavy (non-hydrogen) atoms. The number of carboxylic acids is 1. The summed E-state index contributed by atoms with van der Waals surface area (Å²) in [4.78, 5) is 14.9. The number of aromatic nitrogens is 1. The molecule has 4 nitrogen and oxygen atoms in total. The number of aromatic carboxylic acids is 1. The first-order valence-electron chi connectivity index (χ1n) is 5.78. The predicted molar refractivity (Wildman–Crippen MR) is 81.3 cm³/mol. The number of hydrogen-bond acceptors (Lipinski definition) is 4. The molecule has 0 aliphatic carbocycles. The third kappa shape index (κ3) is 2.28. The van der Waals surface area contributed by atoms with Gasteiger partial charge in [-0.1, -0.05) is 12.1 Å². The molecule has 0 saturated heterocycles. The van der Waals surface area contributed by atoms with E-state index in [1.165, 1.54) is 23.5 Å². The lowest BCUT2D eigenvalue weighted by Gasteiger charge is -2.05. The van der Waals surface area contributed by atoms with Gasteiger partial charge in [0.1, 0.15) is 10.4 Å². The average molecular weight is 368 g/mol. The Morgan fingerprint density at radius 1 is 1.29 bits per heavy atom. The van der Waals surface area contributed by atoms with E-state index in [0.29, 0.717) is 14.7 Å². The van der Waals surface area contributed by atoms with Crippen LogP contribution in [0.5, 0.6) is 5.75 Å². The summed E-state index contributed by atoms with van der Waals surface area (Å²) < 4.78 is 13.8. The second kappa shape index (κ2) is 5.09. The molecular formula is C14H7BrFNO3S. The molecule has 0 atom stereocenters. The number of hydrogen-bond donors (Lipinski definition) is 2. The van der Waals surface area contributed by atoms with Crippen LogP contribution in [-0.2, 0) is 0 Å². The molecule has 0 unspecified atom stereocenters. The highest BCUT2D eigenvalue weighted by Crippen LogP contribution is 2.43. The molecule has 0 aliphatic rings. The molecule has 2 aromatic heterocycles. The number of carbonyl (C=O) groups is 1. The summed E-state index contributed by atoms with van der Waals surface area (Å²) in [7, 11) is 0. The normalized spacial score (nSPS) is 11.0. The van der Waals surface area contributed by atoms with Crippen molar-refractivity contribution in [3.05, 3.63) is 45.8 Å². The van der Waals surface area contributed by atoms with Gasteiger partial charge in [0.2, 0.25) is 0 Å². The number of halogens is 2. The summed E-state index contributed by atoms with van der Waals surface area (Å²) in [6, 6.07) is 5.91. The molecule has 0 aliphatic heterocycles. The van der Waals surface area contributed by atoms with Gasteiger partial charge in [0, 0.05) is 16.3 Å². The number of pyridine rings is 1. The predicted octanol–water partition coefficient (Wildman–Crippen LogP) is 4.27. The van der Waals surface area contributed by atoms with Crippen LogP contribution in [0.4, 0.5) is 4.39 Å². The van der Waals surface area contributed by atoms with Crippen LogP contribution in [0.3, 0.4) is 0 Å². The molecular weight excluding hydrogens is 361 g/mol. The maximum Gasteiger partial charge on any atom is 0.358 e. The van der Waals surface area contributed by atoms with E-state index < -0.39 is 11.7 Å². The lowest BCUT2D eigenvalue weighted by atomic mass is 10.1. The summed E-state index contributed by atoms with van der Waals surface area (Å²) >= 11 is 4.45. The van der Waals surface area contributed by atoms with E-state index in [2.05, 4.69) is 20.9 Å². The average Bonchev–Trinajstić information content (AvgIpc) is 2.89. The third-order valence-corrected chi connectivity index (χ3v) is 4.57. The minimum Gasteiger partial charge on any atom is -0.504 e. The minimum absolute atomic E-state index is 0.327. The van der Waals surface area contributed by atoms with Gasteiger partial charge in [-0.25, -0.2) is 14.2 Å². The summed E-state index contributed by atoms with van der Waals surface area (Å²) in [5.41, 5.74) is 1.11. The molecule has 2 heterocycles. The highest BCUT2D eigenvalue weighted by Gasteiger charge is 2.21. The van der Waals surface area contributed by atoms with Crippen molar-refractivity contribution >= 4 is 43.3 Å². The second-order valence-electron chi connectivity index (χ2n) is 4.27. The van der Waals surface area contributed by atoms with Crippen LogP contribution in [0.2, 0.25) is 0 Å². The number of fused-ring (bicyclic) bond motifs is 1. The Labute approximate surface area is 130 Å². The Balaban J connectivity index is 2.30. The largest absolute Gasteiger partial charge is 0.504 e. The number of thiophene rings is 1. The Hall–Kier alpha value is -1.99. The van der Waals surface area contributed by atoms with Crippen molar-refractivity contribution in [3.8, 4) is 16.9 Å². The Kier molecular flexibility index (Phi) is 3.38. The van der Waals surface area contributed by atoms with E-state index >= 15 is 0 Å².